The average Bonchev–Trinajstić information content (AvgIpc) is 2.95. The maximum Gasteiger partial charge on any atom is 0.272 e. The summed E-state index contributed by atoms with van der Waals surface area (Å²) in [5.41, 5.74) is 2.36. The number of H-pyrrole nitrogens is 1. The Labute approximate surface area is 127 Å². The van der Waals surface area contributed by atoms with E-state index in [0.29, 0.717) is 11.4 Å². The highest BCUT2D eigenvalue weighted by atomic mass is 16.1. The minimum atomic E-state index is -0.175. The van der Waals surface area contributed by atoms with Crippen molar-refractivity contribution in [2.75, 3.05) is 0 Å². The molecule has 0 amide bonds. The zero-order valence-electron chi connectivity index (χ0n) is 11.9. The number of nitrogens with one attached hydrogen (secondary N) is 1. The number of rotatable bonds is 4. The highest BCUT2D eigenvalue weighted by Crippen LogP contribution is 2.07. The van der Waals surface area contributed by atoms with Gasteiger partial charge in [0.2, 0.25) is 0 Å². The summed E-state index contributed by atoms with van der Waals surface area (Å²) >= 11 is 0. The average molecular weight is 290 g/mol. The lowest BCUT2D eigenvalue weighted by Gasteiger charge is -2.02. The molecule has 0 aliphatic rings. The van der Waals surface area contributed by atoms with Crippen LogP contribution >= 0.6 is 0 Å². The number of aryl methyl sites for hydroxylation is 2. The van der Waals surface area contributed by atoms with Gasteiger partial charge in [0, 0.05) is 24.0 Å². The summed E-state index contributed by atoms with van der Waals surface area (Å²) in [5, 5.41) is 12.0. The van der Waals surface area contributed by atoms with E-state index in [4.69, 9.17) is 5.26 Å². The Morgan fingerprint density at radius 3 is 2.73 bits per heavy atom. The van der Waals surface area contributed by atoms with Crippen molar-refractivity contribution in [2.45, 2.75) is 12.8 Å². The zero-order valence-corrected chi connectivity index (χ0v) is 11.9. The normalized spacial score (nSPS) is 10.3. The molecule has 0 unspecified atom stereocenters. The first-order valence-electron chi connectivity index (χ1n) is 6.97. The van der Waals surface area contributed by atoms with Crippen molar-refractivity contribution in [3.63, 3.8) is 0 Å². The highest BCUT2D eigenvalue weighted by molar-refractivity contribution is 5.35. The Kier molecular flexibility index (Phi) is 3.84. The molecular formula is C17H14N4O. The van der Waals surface area contributed by atoms with Gasteiger partial charge < -0.3 is 0 Å². The first-order chi connectivity index (χ1) is 10.8. The number of aromatic amines is 1. The van der Waals surface area contributed by atoms with E-state index in [0.717, 1.165) is 18.5 Å². The fraction of sp³-hybridized carbons (Fsp3) is 0.118. The summed E-state index contributed by atoms with van der Waals surface area (Å²) in [7, 11) is 0. The molecule has 0 spiro atoms. The van der Waals surface area contributed by atoms with Crippen LogP contribution in [0, 0.1) is 11.3 Å². The van der Waals surface area contributed by atoms with Crippen molar-refractivity contribution in [3.8, 4) is 11.9 Å². The summed E-state index contributed by atoms with van der Waals surface area (Å²) in [5.74, 6) is 0.426. The van der Waals surface area contributed by atoms with Crippen LogP contribution in [-0.4, -0.2) is 14.8 Å². The van der Waals surface area contributed by atoms with E-state index in [1.54, 1.807) is 18.2 Å². The molecule has 0 aliphatic heterocycles. The third-order valence-corrected chi connectivity index (χ3v) is 3.40. The second kappa shape index (κ2) is 6.10. The number of hydrogen-bond acceptors (Lipinski definition) is 3. The predicted octanol–water partition coefficient (Wildman–Crippen LogP) is 2.22. The largest absolute Gasteiger partial charge is 0.294 e. The lowest BCUT2D eigenvalue weighted by atomic mass is 10.1. The standard InChI is InChI=1S/C17H14N4O/c18-12-14-8-9-19-16(10-14)21-17(22)11-15(20-21)7-6-13-4-2-1-3-5-13/h1-5,8-11,20H,6-7H2. The van der Waals surface area contributed by atoms with Gasteiger partial charge in [0.25, 0.3) is 5.56 Å². The van der Waals surface area contributed by atoms with Crippen LogP contribution in [0.15, 0.2) is 59.5 Å². The molecule has 0 radical (unpaired) electrons. The van der Waals surface area contributed by atoms with Gasteiger partial charge >= 0.3 is 0 Å². The Morgan fingerprint density at radius 1 is 1.14 bits per heavy atom. The van der Waals surface area contributed by atoms with E-state index in [2.05, 4.69) is 22.2 Å². The molecule has 0 saturated heterocycles. The molecule has 2 aromatic heterocycles. The van der Waals surface area contributed by atoms with Crippen molar-refractivity contribution < 1.29 is 0 Å². The number of aromatic nitrogens is 3. The van der Waals surface area contributed by atoms with Gasteiger partial charge in [-0.25, -0.2) is 9.67 Å². The topological polar surface area (TPSA) is 74.5 Å². The van der Waals surface area contributed by atoms with Crippen LogP contribution < -0.4 is 5.56 Å². The van der Waals surface area contributed by atoms with Gasteiger partial charge in [-0.3, -0.25) is 9.89 Å². The third kappa shape index (κ3) is 2.96. The molecule has 1 N–H and O–H groups in total. The Hall–Kier alpha value is -3.13. The van der Waals surface area contributed by atoms with Gasteiger partial charge in [-0.05, 0) is 24.5 Å². The Bertz CT molecular complexity index is 871. The summed E-state index contributed by atoms with van der Waals surface area (Å²) in [6.07, 6.45) is 3.11. The van der Waals surface area contributed by atoms with E-state index in [9.17, 15) is 4.79 Å². The smallest absolute Gasteiger partial charge is 0.272 e. The Balaban J connectivity index is 1.82. The summed E-state index contributed by atoms with van der Waals surface area (Å²) in [4.78, 5) is 16.2. The minimum absolute atomic E-state index is 0.175. The van der Waals surface area contributed by atoms with Crippen LogP contribution in [0.4, 0.5) is 0 Å². The zero-order chi connectivity index (χ0) is 15.4. The highest BCUT2D eigenvalue weighted by Gasteiger charge is 2.07. The predicted molar refractivity (Wildman–Crippen MR) is 82.7 cm³/mol. The second-order valence-electron chi connectivity index (χ2n) is 4.96. The van der Waals surface area contributed by atoms with Crippen molar-refractivity contribution in [3.05, 3.63) is 81.9 Å². The van der Waals surface area contributed by atoms with E-state index < -0.39 is 0 Å². The molecule has 2 heterocycles. The van der Waals surface area contributed by atoms with Crippen LogP contribution in [0.2, 0.25) is 0 Å². The van der Waals surface area contributed by atoms with Gasteiger partial charge in [-0.1, -0.05) is 30.3 Å². The van der Waals surface area contributed by atoms with Crippen molar-refractivity contribution in [1.82, 2.24) is 14.8 Å². The van der Waals surface area contributed by atoms with E-state index in [1.165, 1.54) is 16.4 Å². The van der Waals surface area contributed by atoms with Gasteiger partial charge in [0.15, 0.2) is 5.82 Å². The van der Waals surface area contributed by atoms with E-state index in [-0.39, 0.29) is 5.56 Å². The minimum Gasteiger partial charge on any atom is -0.294 e. The summed E-state index contributed by atoms with van der Waals surface area (Å²) in [6.45, 7) is 0. The molecule has 0 bridgehead atoms. The molecule has 1 aromatic carbocycles. The molecule has 0 atom stereocenters. The Morgan fingerprint density at radius 2 is 1.95 bits per heavy atom. The molecule has 108 valence electrons. The maximum atomic E-state index is 12.1. The van der Waals surface area contributed by atoms with E-state index >= 15 is 0 Å². The molecule has 5 heteroatoms. The summed E-state index contributed by atoms with van der Waals surface area (Å²) in [6, 6.07) is 16.9. The van der Waals surface area contributed by atoms with Crippen molar-refractivity contribution in [2.24, 2.45) is 0 Å². The molecule has 5 nitrogen and oxygen atoms in total. The first-order valence-corrected chi connectivity index (χ1v) is 6.97. The van der Waals surface area contributed by atoms with Gasteiger partial charge in [-0.15, -0.1) is 0 Å². The van der Waals surface area contributed by atoms with Gasteiger partial charge in [0.1, 0.15) is 0 Å². The quantitative estimate of drug-likeness (QED) is 0.800. The van der Waals surface area contributed by atoms with Crippen LogP contribution in [-0.2, 0) is 12.8 Å². The van der Waals surface area contributed by atoms with Crippen molar-refractivity contribution in [1.29, 1.82) is 5.26 Å². The molecule has 0 aliphatic carbocycles. The number of hydrogen-bond donors (Lipinski definition) is 1. The number of benzene rings is 1. The first kappa shape index (κ1) is 13.8. The van der Waals surface area contributed by atoms with Crippen LogP contribution in [0.25, 0.3) is 5.82 Å². The number of nitriles is 1. The monoisotopic (exact) mass is 290 g/mol. The lowest BCUT2D eigenvalue weighted by molar-refractivity contribution is 0.781. The SMILES string of the molecule is N#Cc1ccnc(-n2[nH]c(CCc3ccccc3)cc2=O)c1. The maximum absolute atomic E-state index is 12.1. The van der Waals surface area contributed by atoms with E-state index in [1.807, 2.05) is 24.3 Å². The number of nitrogens with zero attached hydrogens (tertiary/aromatic N) is 3. The fourth-order valence-electron chi connectivity index (χ4n) is 2.28. The molecule has 0 saturated carbocycles. The number of pyridine rings is 1. The molecule has 0 fully saturated rings. The molecule has 3 rings (SSSR count). The molecular weight excluding hydrogens is 276 g/mol. The fourth-order valence-corrected chi connectivity index (χ4v) is 2.28. The third-order valence-electron chi connectivity index (χ3n) is 3.40. The van der Waals surface area contributed by atoms with Crippen LogP contribution in [0.3, 0.4) is 0 Å². The molecule has 22 heavy (non-hydrogen) atoms. The van der Waals surface area contributed by atoms with Crippen LogP contribution in [0.1, 0.15) is 16.8 Å². The van der Waals surface area contributed by atoms with Crippen LogP contribution in [0.5, 0.6) is 0 Å². The molecule has 3 aromatic rings. The van der Waals surface area contributed by atoms with Gasteiger partial charge in [-0.2, -0.15) is 5.26 Å². The van der Waals surface area contributed by atoms with Crippen molar-refractivity contribution >= 4 is 0 Å². The summed E-state index contributed by atoms with van der Waals surface area (Å²) < 4.78 is 1.36. The van der Waals surface area contributed by atoms with Gasteiger partial charge in [0.05, 0.1) is 11.6 Å². The second-order valence-corrected chi connectivity index (χ2v) is 4.96. The lowest BCUT2D eigenvalue weighted by Crippen LogP contribution is -2.14.